The number of hydrogen-bond acceptors (Lipinski definition) is 3. The van der Waals surface area contributed by atoms with Crippen molar-refractivity contribution >= 4 is 16.0 Å². The molecule has 0 radical (unpaired) electrons. The maximum absolute atomic E-state index is 13.4. The number of nitrogens with one attached hydrogen (secondary N) is 1. The highest BCUT2D eigenvalue weighted by atomic mass is 32.2. The summed E-state index contributed by atoms with van der Waals surface area (Å²) in [5, 5.41) is 8.78. The van der Waals surface area contributed by atoms with Gasteiger partial charge >= 0.3 is 5.97 Å². The van der Waals surface area contributed by atoms with Gasteiger partial charge in [0.2, 0.25) is 10.0 Å². The Morgan fingerprint density at radius 3 is 2.35 bits per heavy atom. The fourth-order valence-electron chi connectivity index (χ4n) is 5.79. The van der Waals surface area contributed by atoms with Crippen LogP contribution in [0.3, 0.4) is 0 Å². The molecule has 0 heterocycles. The van der Waals surface area contributed by atoms with E-state index in [4.69, 9.17) is 5.11 Å². The largest absolute Gasteiger partial charge is 0.481 e. The maximum atomic E-state index is 13.4. The first-order valence-electron chi connectivity index (χ1n) is 12.2. The van der Waals surface area contributed by atoms with E-state index in [2.05, 4.69) is 24.6 Å². The molecule has 0 spiro atoms. The fraction of sp³-hybridized carbons (Fsp3) is 0.464. The highest BCUT2D eigenvalue weighted by Gasteiger charge is 2.58. The van der Waals surface area contributed by atoms with E-state index in [9.17, 15) is 13.2 Å². The van der Waals surface area contributed by atoms with Crippen molar-refractivity contribution in [3.05, 3.63) is 66.7 Å². The van der Waals surface area contributed by atoms with E-state index in [1.165, 1.54) is 0 Å². The number of hydrogen-bond donors (Lipinski definition) is 2. The number of unbranched alkanes of at least 4 members (excludes halogenated alkanes) is 1. The van der Waals surface area contributed by atoms with Gasteiger partial charge in [-0.25, -0.2) is 13.1 Å². The number of carboxylic acids is 1. The molecule has 3 fully saturated rings. The van der Waals surface area contributed by atoms with Crippen LogP contribution >= 0.6 is 0 Å². The second-order valence-electron chi connectivity index (χ2n) is 10.4. The molecule has 182 valence electrons. The van der Waals surface area contributed by atoms with Gasteiger partial charge in [0.1, 0.15) is 0 Å². The van der Waals surface area contributed by atoms with E-state index in [0.717, 1.165) is 36.8 Å². The second kappa shape index (κ2) is 10.0. The van der Waals surface area contributed by atoms with Crippen LogP contribution in [0.25, 0.3) is 11.1 Å². The van der Waals surface area contributed by atoms with Gasteiger partial charge in [0.25, 0.3) is 0 Å². The summed E-state index contributed by atoms with van der Waals surface area (Å²) in [6.45, 7) is 4.53. The van der Waals surface area contributed by atoms with Gasteiger partial charge in [-0.2, -0.15) is 0 Å². The zero-order valence-corrected chi connectivity index (χ0v) is 20.8. The first kappa shape index (κ1) is 24.7. The lowest BCUT2D eigenvalue weighted by Crippen LogP contribution is -2.63. The molecule has 34 heavy (non-hydrogen) atoms. The monoisotopic (exact) mass is 481 g/mol. The second-order valence-corrected chi connectivity index (χ2v) is 12.1. The predicted octanol–water partition coefficient (Wildman–Crippen LogP) is 5.88. The molecule has 0 aromatic heterocycles. The first-order valence-corrected chi connectivity index (χ1v) is 13.7. The Kier molecular flexibility index (Phi) is 7.29. The molecule has 3 aliphatic carbocycles. The van der Waals surface area contributed by atoms with E-state index >= 15 is 0 Å². The van der Waals surface area contributed by atoms with Crippen molar-refractivity contribution in [3.8, 4) is 11.1 Å². The minimum atomic E-state index is -3.64. The molecule has 3 saturated carbocycles. The predicted molar refractivity (Wildman–Crippen MR) is 135 cm³/mol. The van der Waals surface area contributed by atoms with Gasteiger partial charge in [-0.05, 0) is 78.5 Å². The molecule has 3 aliphatic rings. The third-order valence-corrected chi connectivity index (χ3v) is 9.48. The van der Waals surface area contributed by atoms with Gasteiger partial charge in [-0.3, -0.25) is 4.79 Å². The summed E-state index contributed by atoms with van der Waals surface area (Å²) in [5.41, 5.74) is 2.20. The number of fused-ring (bicyclic) bond motifs is 2. The number of carbonyl (C=O) groups is 1. The molecular weight excluding hydrogens is 446 g/mol. The molecule has 5 rings (SSSR count). The molecule has 2 bridgehead atoms. The lowest BCUT2D eigenvalue weighted by Gasteiger charge is -2.62. The number of benzene rings is 2. The van der Waals surface area contributed by atoms with Crippen LogP contribution in [-0.2, 0) is 14.8 Å². The Hall–Kier alpha value is -2.44. The molecule has 6 heteroatoms. The zero-order valence-electron chi connectivity index (χ0n) is 20.0. The summed E-state index contributed by atoms with van der Waals surface area (Å²) in [6.07, 6.45) is 8.61. The Bertz CT molecular complexity index is 1120. The van der Waals surface area contributed by atoms with Crippen LogP contribution in [0.5, 0.6) is 0 Å². The van der Waals surface area contributed by atoms with E-state index in [1.54, 1.807) is 12.1 Å². The lowest BCUT2D eigenvalue weighted by atomic mass is 9.45. The number of aliphatic carboxylic acids is 1. The van der Waals surface area contributed by atoms with Gasteiger partial charge in [0.15, 0.2) is 0 Å². The van der Waals surface area contributed by atoms with Crippen molar-refractivity contribution < 1.29 is 18.3 Å². The summed E-state index contributed by atoms with van der Waals surface area (Å²) in [5.74, 6) is 0.448. The quantitative estimate of drug-likeness (QED) is 0.328. The summed E-state index contributed by atoms with van der Waals surface area (Å²) < 4.78 is 29.8. The van der Waals surface area contributed by atoms with Crippen molar-refractivity contribution in [1.82, 2.24) is 4.72 Å². The van der Waals surface area contributed by atoms with Crippen LogP contribution in [0.1, 0.15) is 52.4 Å². The van der Waals surface area contributed by atoms with Crippen LogP contribution in [0, 0.1) is 23.2 Å². The van der Waals surface area contributed by atoms with Crippen molar-refractivity contribution in [2.24, 2.45) is 23.2 Å². The Labute approximate surface area is 203 Å². The van der Waals surface area contributed by atoms with Crippen molar-refractivity contribution in [2.45, 2.75) is 63.3 Å². The van der Waals surface area contributed by atoms with Gasteiger partial charge in [-0.15, -0.1) is 0 Å². The van der Waals surface area contributed by atoms with Crippen LogP contribution < -0.4 is 4.72 Å². The molecule has 4 atom stereocenters. The normalized spacial score (nSPS) is 25.7. The summed E-state index contributed by atoms with van der Waals surface area (Å²) in [6, 6.07) is 17.0. The van der Waals surface area contributed by atoms with E-state index in [-0.39, 0.29) is 23.8 Å². The number of rotatable bonds is 10. The number of allylic oxidation sites excluding steroid dienone is 2. The minimum Gasteiger partial charge on any atom is -0.481 e. The molecule has 0 amide bonds. The number of carboxylic acid groups (broad SMARTS) is 1. The Morgan fingerprint density at radius 2 is 1.71 bits per heavy atom. The summed E-state index contributed by atoms with van der Waals surface area (Å²) >= 11 is 0. The highest BCUT2D eigenvalue weighted by molar-refractivity contribution is 7.89. The molecule has 0 aliphatic heterocycles. The average molecular weight is 482 g/mol. The van der Waals surface area contributed by atoms with Crippen molar-refractivity contribution in [3.63, 3.8) is 0 Å². The summed E-state index contributed by atoms with van der Waals surface area (Å²) in [4.78, 5) is 11.0. The van der Waals surface area contributed by atoms with Gasteiger partial charge in [0.05, 0.1) is 4.90 Å². The molecule has 2 aromatic carbocycles. The van der Waals surface area contributed by atoms with Crippen LogP contribution in [0.15, 0.2) is 71.6 Å². The minimum absolute atomic E-state index is 0.0949. The average Bonchev–Trinajstić information content (AvgIpc) is 2.82. The number of sulfonamides is 1. The van der Waals surface area contributed by atoms with Gasteiger partial charge in [-0.1, -0.05) is 68.5 Å². The van der Waals surface area contributed by atoms with E-state index in [0.29, 0.717) is 23.2 Å². The van der Waals surface area contributed by atoms with Gasteiger partial charge < -0.3 is 5.11 Å². The van der Waals surface area contributed by atoms with Crippen LogP contribution in [-0.4, -0.2) is 25.5 Å². The first-order chi connectivity index (χ1) is 16.2. The highest BCUT2D eigenvalue weighted by Crippen LogP contribution is 2.61. The zero-order chi connectivity index (χ0) is 24.3. The Morgan fingerprint density at radius 1 is 1.03 bits per heavy atom. The SMILES string of the molecule is CC1(C)C2CC(C/C=C/CCCC(=O)O)C(NS(=O)(=O)c3ccc(-c4ccccc4)cc3)C1C2. The molecule has 0 saturated heterocycles. The molecular formula is C28H35NO4S. The standard InChI is InChI=1S/C28H35NO4S/c1-28(2)23-18-22(12-6-3-4-9-13-26(30)31)27(25(28)19-23)29-34(32,33)24-16-14-21(15-17-24)20-10-7-5-8-11-20/h3,5-8,10-11,14-17,22-23,25,27,29H,4,9,12-13,18-19H2,1-2H3,(H,30,31)/b6-3+. The molecule has 2 N–H and O–H groups in total. The van der Waals surface area contributed by atoms with Crippen molar-refractivity contribution in [2.75, 3.05) is 0 Å². The van der Waals surface area contributed by atoms with Crippen LogP contribution in [0.4, 0.5) is 0 Å². The van der Waals surface area contributed by atoms with E-state index < -0.39 is 16.0 Å². The summed E-state index contributed by atoms with van der Waals surface area (Å²) in [7, 11) is -3.64. The van der Waals surface area contributed by atoms with Gasteiger partial charge in [0, 0.05) is 12.5 Å². The maximum Gasteiger partial charge on any atom is 0.303 e. The third-order valence-electron chi connectivity index (χ3n) is 8.00. The van der Waals surface area contributed by atoms with E-state index in [1.807, 2.05) is 48.5 Å². The fourth-order valence-corrected chi connectivity index (χ4v) is 7.14. The lowest BCUT2D eigenvalue weighted by molar-refractivity contribution is -0.137. The molecule has 2 aromatic rings. The third kappa shape index (κ3) is 5.28. The molecule has 4 unspecified atom stereocenters. The Balaban J connectivity index is 1.46. The smallest absolute Gasteiger partial charge is 0.303 e. The van der Waals surface area contributed by atoms with Crippen LogP contribution in [0.2, 0.25) is 0 Å². The topological polar surface area (TPSA) is 83.5 Å². The van der Waals surface area contributed by atoms with Crippen molar-refractivity contribution in [1.29, 1.82) is 0 Å². The molecule has 5 nitrogen and oxygen atoms in total.